The molecule has 0 radical (unpaired) electrons. The van der Waals surface area contributed by atoms with Gasteiger partial charge in [0, 0.05) is 25.1 Å². The largest absolute Gasteiger partial charge is 0.347 e. The zero-order valence-corrected chi connectivity index (χ0v) is 12.7. The first-order valence-corrected chi connectivity index (χ1v) is 8.18. The lowest BCUT2D eigenvalue weighted by Crippen LogP contribution is -2.23. The van der Waals surface area contributed by atoms with Crippen molar-refractivity contribution >= 4 is 21.7 Å². The van der Waals surface area contributed by atoms with Crippen LogP contribution in [0.25, 0.3) is 5.78 Å². The maximum atomic E-state index is 12.1. The van der Waals surface area contributed by atoms with E-state index in [0.717, 1.165) is 5.56 Å². The summed E-state index contributed by atoms with van der Waals surface area (Å²) in [6.45, 7) is 0.241. The predicted molar refractivity (Wildman–Crippen MR) is 82.0 cm³/mol. The van der Waals surface area contributed by atoms with Crippen LogP contribution in [0.1, 0.15) is 16.1 Å². The van der Waals surface area contributed by atoms with Crippen molar-refractivity contribution in [3.63, 3.8) is 0 Å². The number of hydrogen-bond acceptors (Lipinski definition) is 5. The van der Waals surface area contributed by atoms with Gasteiger partial charge in [0.2, 0.25) is 15.8 Å². The Morgan fingerprint density at radius 2 is 2.00 bits per heavy atom. The summed E-state index contributed by atoms with van der Waals surface area (Å²) in [4.78, 5) is 20.3. The number of hydrogen-bond donors (Lipinski definition) is 2. The van der Waals surface area contributed by atoms with Gasteiger partial charge >= 0.3 is 0 Å². The highest BCUT2D eigenvalue weighted by atomic mass is 32.2. The Morgan fingerprint density at radius 3 is 2.65 bits per heavy atom. The fraction of sp³-hybridized carbons (Fsp3) is 0.0714. The van der Waals surface area contributed by atoms with Gasteiger partial charge in [-0.25, -0.2) is 23.5 Å². The molecule has 0 unspecified atom stereocenters. The lowest BCUT2D eigenvalue weighted by molar-refractivity contribution is 0.0946. The summed E-state index contributed by atoms with van der Waals surface area (Å²) >= 11 is 0. The van der Waals surface area contributed by atoms with Crippen LogP contribution in [0.2, 0.25) is 0 Å². The average molecular weight is 331 g/mol. The van der Waals surface area contributed by atoms with Gasteiger partial charge in [-0.1, -0.05) is 12.1 Å². The fourth-order valence-corrected chi connectivity index (χ4v) is 2.52. The number of carbonyl (C=O) groups excluding carboxylic acids is 1. The molecule has 2 aromatic heterocycles. The maximum Gasteiger partial charge on any atom is 0.271 e. The molecule has 2 heterocycles. The van der Waals surface area contributed by atoms with Crippen LogP contribution in [-0.2, 0) is 16.6 Å². The first-order valence-electron chi connectivity index (χ1n) is 6.63. The minimum atomic E-state index is -3.72. The summed E-state index contributed by atoms with van der Waals surface area (Å²) in [5.41, 5.74) is 0.998. The number of fused-ring (bicyclic) bond motifs is 1. The third-order valence-electron chi connectivity index (χ3n) is 3.17. The summed E-state index contributed by atoms with van der Waals surface area (Å²) in [6, 6.07) is 7.71. The Labute approximate surface area is 132 Å². The molecule has 0 aliphatic heterocycles. The second-order valence-electron chi connectivity index (χ2n) is 4.82. The second-order valence-corrected chi connectivity index (χ2v) is 6.39. The van der Waals surface area contributed by atoms with Crippen molar-refractivity contribution in [2.45, 2.75) is 11.4 Å². The molecule has 3 aromatic rings. The SMILES string of the molecule is NS(=O)(=O)c1ccc(CNC(=O)c2cn3cccnc3n2)cc1. The topological polar surface area (TPSA) is 119 Å². The first-order chi connectivity index (χ1) is 10.9. The average Bonchev–Trinajstić information content (AvgIpc) is 2.96. The number of benzene rings is 1. The number of primary sulfonamides is 1. The smallest absolute Gasteiger partial charge is 0.271 e. The molecule has 23 heavy (non-hydrogen) atoms. The molecule has 1 aromatic carbocycles. The quantitative estimate of drug-likeness (QED) is 0.713. The zero-order chi connectivity index (χ0) is 16.4. The lowest BCUT2D eigenvalue weighted by atomic mass is 10.2. The van der Waals surface area contributed by atoms with E-state index >= 15 is 0 Å². The van der Waals surface area contributed by atoms with Gasteiger partial charge in [-0.15, -0.1) is 0 Å². The number of nitrogens with two attached hydrogens (primary N) is 1. The molecule has 118 valence electrons. The number of imidazole rings is 1. The van der Waals surface area contributed by atoms with Gasteiger partial charge in [0.1, 0.15) is 5.69 Å². The molecular formula is C14H13N5O3S. The molecule has 0 bridgehead atoms. The van der Waals surface area contributed by atoms with Gasteiger partial charge < -0.3 is 5.32 Å². The molecule has 3 rings (SSSR count). The Hall–Kier alpha value is -2.78. The summed E-state index contributed by atoms with van der Waals surface area (Å²) in [7, 11) is -3.72. The van der Waals surface area contributed by atoms with E-state index in [4.69, 9.17) is 5.14 Å². The Bertz CT molecular complexity index is 931. The molecule has 3 N–H and O–H groups in total. The van der Waals surface area contributed by atoms with E-state index in [2.05, 4.69) is 15.3 Å². The van der Waals surface area contributed by atoms with E-state index in [1.54, 1.807) is 41.2 Å². The molecule has 0 fully saturated rings. The molecule has 0 saturated carbocycles. The molecule has 0 spiro atoms. The molecule has 0 aliphatic rings. The van der Waals surface area contributed by atoms with Crippen molar-refractivity contribution in [3.8, 4) is 0 Å². The fourth-order valence-electron chi connectivity index (χ4n) is 2.01. The van der Waals surface area contributed by atoms with E-state index in [0.29, 0.717) is 5.78 Å². The highest BCUT2D eigenvalue weighted by Gasteiger charge is 2.11. The minimum Gasteiger partial charge on any atom is -0.347 e. The van der Waals surface area contributed by atoms with E-state index in [1.165, 1.54) is 12.1 Å². The summed E-state index contributed by atoms with van der Waals surface area (Å²) in [5, 5.41) is 7.74. The molecule has 0 aliphatic carbocycles. The van der Waals surface area contributed by atoms with Crippen molar-refractivity contribution in [1.82, 2.24) is 19.7 Å². The number of carbonyl (C=O) groups is 1. The van der Waals surface area contributed by atoms with Crippen molar-refractivity contribution in [2.24, 2.45) is 5.14 Å². The van der Waals surface area contributed by atoms with E-state index in [9.17, 15) is 13.2 Å². The number of amides is 1. The van der Waals surface area contributed by atoms with Crippen LogP contribution in [-0.4, -0.2) is 28.7 Å². The van der Waals surface area contributed by atoms with Crippen LogP contribution < -0.4 is 10.5 Å². The second kappa shape index (κ2) is 5.78. The van der Waals surface area contributed by atoms with Crippen LogP contribution in [0, 0.1) is 0 Å². The molecule has 0 saturated heterocycles. The third kappa shape index (κ3) is 3.35. The van der Waals surface area contributed by atoms with Crippen LogP contribution in [0.5, 0.6) is 0 Å². The van der Waals surface area contributed by atoms with Gasteiger partial charge in [-0.2, -0.15) is 0 Å². The number of rotatable bonds is 4. The highest BCUT2D eigenvalue weighted by Crippen LogP contribution is 2.09. The van der Waals surface area contributed by atoms with Crippen LogP contribution in [0.3, 0.4) is 0 Å². The van der Waals surface area contributed by atoms with Gasteiger partial charge in [-0.05, 0) is 23.8 Å². The first kappa shape index (κ1) is 15.1. The monoisotopic (exact) mass is 331 g/mol. The molecule has 9 heteroatoms. The summed E-state index contributed by atoms with van der Waals surface area (Å²) in [6.07, 6.45) is 4.93. The Kier molecular flexibility index (Phi) is 3.80. The van der Waals surface area contributed by atoms with Crippen molar-refractivity contribution in [3.05, 3.63) is 60.2 Å². The molecule has 1 amide bonds. The van der Waals surface area contributed by atoms with Crippen molar-refractivity contribution in [2.75, 3.05) is 0 Å². The van der Waals surface area contributed by atoms with Gasteiger partial charge in [0.15, 0.2) is 0 Å². The standard InChI is InChI=1S/C14H13N5O3S/c15-23(21,22)11-4-2-10(3-5-11)8-17-13(20)12-9-19-7-1-6-16-14(19)18-12/h1-7,9H,8H2,(H,17,20)(H2,15,21,22). The van der Waals surface area contributed by atoms with Gasteiger partial charge in [-0.3, -0.25) is 9.20 Å². The number of nitrogens with zero attached hydrogens (tertiary/aromatic N) is 3. The summed E-state index contributed by atoms with van der Waals surface area (Å²) in [5.74, 6) is 0.0983. The summed E-state index contributed by atoms with van der Waals surface area (Å²) < 4.78 is 24.0. The van der Waals surface area contributed by atoms with Gasteiger partial charge in [0.25, 0.3) is 5.91 Å². The van der Waals surface area contributed by atoms with Crippen LogP contribution >= 0.6 is 0 Å². The van der Waals surface area contributed by atoms with Crippen molar-refractivity contribution in [1.29, 1.82) is 0 Å². The zero-order valence-electron chi connectivity index (χ0n) is 11.9. The molecule has 8 nitrogen and oxygen atoms in total. The normalized spacial score (nSPS) is 11.5. The number of nitrogens with one attached hydrogen (secondary N) is 1. The van der Waals surface area contributed by atoms with E-state index in [-0.39, 0.29) is 23.0 Å². The van der Waals surface area contributed by atoms with Gasteiger partial charge in [0.05, 0.1) is 4.90 Å². The number of sulfonamides is 1. The minimum absolute atomic E-state index is 0.0269. The van der Waals surface area contributed by atoms with Crippen LogP contribution in [0.15, 0.2) is 53.8 Å². The molecule has 0 atom stereocenters. The lowest BCUT2D eigenvalue weighted by Gasteiger charge is -2.04. The van der Waals surface area contributed by atoms with Crippen LogP contribution in [0.4, 0.5) is 0 Å². The Morgan fingerprint density at radius 1 is 1.26 bits per heavy atom. The number of aromatic nitrogens is 3. The highest BCUT2D eigenvalue weighted by molar-refractivity contribution is 7.89. The van der Waals surface area contributed by atoms with E-state index < -0.39 is 10.0 Å². The predicted octanol–water partition coefficient (Wildman–Crippen LogP) is 0.307. The molecular weight excluding hydrogens is 318 g/mol. The van der Waals surface area contributed by atoms with Crippen molar-refractivity contribution < 1.29 is 13.2 Å². The van der Waals surface area contributed by atoms with E-state index in [1.807, 2.05) is 0 Å². The third-order valence-corrected chi connectivity index (χ3v) is 4.10. The Balaban J connectivity index is 1.69. The maximum absolute atomic E-state index is 12.1.